The van der Waals surface area contributed by atoms with Crippen LogP contribution in [-0.2, 0) is 16.5 Å². The number of benzene rings is 8. The minimum atomic E-state index is -6.00. The Bertz CT molecular complexity index is 3030. The van der Waals surface area contributed by atoms with Crippen molar-refractivity contribution in [2.24, 2.45) is 0 Å². The van der Waals surface area contributed by atoms with Crippen molar-refractivity contribution < 1.29 is 51.0 Å². The van der Waals surface area contributed by atoms with Crippen LogP contribution in [0.25, 0.3) is 0 Å². The molecule has 86 heavy (non-hydrogen) atoms. The number of terminal acetylenes is 4. The van der Waals surface area contributed by atoms with E-state index in [-0.39, 0.29) is 16.5 Å². The Labute approximate surface area is 516 Å². The van der Waals surface area contributed by atoms with Crippen molar-refractivity contribution in [2.45, 2.75) is 6.92 Å². The first kappa shape index (κ1) is 69.2. The Balaban J connectivity index is 0.000000258. The molecule has 8 aromatic rings. The zero-order chi connectivity index (χ0) is 61.2. The van der Waals surface area contributed by atoms with Crippen LogP contribution in [0.15, 0.2) is 218 Å². The van der Waals surface area contributed by atoms with Crippen molar-refractivity contribution in [3.8, 4) is 55.4 Å². The fourth-order valence-corrected chi connectivity index (χ4v) is 20.9. The van der Waals surface area contributed by atoms with Gasteiger partial charge in [-0.05, 0) is 146 Å². The Morgan fingerprint density at radius 1 is 0.314 bits per heavy atom. The van der Waals surface area contributed by atoms with Gasteiger partial charge >= 0.3 is 31.0 Å². The molecule has 440 valence electrons. The molecule has 20 heteroatoms. The Morgan fingerprint density at radius 3 is 0.581 bits per heavy atom. The van der Waals surface area contributed by atoms with Crippen LogP contribution in [0.1, 0.15) is 29.2 Å². The summed E-state index contributed by atoms with van der Waals surface area (Å²) in [6.07, 6.45) is 30.9. The Kier molecular flexibility index (Phi) is 28.3. The van der Waals surface area contributed by atoms with E-state index in [0.29, 0.717) is 0 Å². The molecule has 0 bridgehead atoms. The van der Waals surface area contributed by atoms with Crippen LogP contribution >= 0.6 is 31.7 Å². The monoisotopic (exact) mass is 1280 g/mol. The summed E-state index contributed by atoms with van der Waals surface area (Å²) in [5, 5.41) is 13.2. The SMILES string of the molecule is C#Cc1ccc(N2C[PH+](c3ccccc3)CN(c3ccc(C#C)cc3)C[PH+](c3ccccc3)C2)cc1.C#Cc1ccc(N2C[PH+](c3ccccc3)CN(c3ccc(C#C)cc3)C[PH+](c3ccccc3)C2)cc1.CC#N.F[B-](F)(F)F.F[B-](F)(F)F.[Ni+2]. The van der Waals surface area contributed by atoms with Crippen LogP contribution in [-0.4, -0.2) is 64.8 Å². The van der Waals surface area contributed by atoms with E-state index in [1.165, 1.54) is 50.9 Å². The third kappa shape index (κ3) is 23.4. The number of nitrogens with zero attached hydrogens (tertiary/aromatic N) is 5. The van der Waals surface area contributed by atoms with Crippen LogP contribution in [0.5, 0.6) is 0 Å². The van der Waals surface area contributed by atoms with E-state index in [1.807, 2.05) is 0 Å². The average Bonchev–Trinajstić information content (AvgIpc) is 3.70. The summed E-state index contributed by atoms with van der Waals surface area (Å²) >= 11 is 0. The molecule has 0 unspecified atom stereocenters. The summed E-state index contributed by atoms with van der Waals surface area (Å²) in [7, 11) is -15.7. The molecule has 2 saturated heterocycles. The van der Waals surface area contributed by atoms with E-state index in [9.17, 15) is 34.5 Å². The maximum atomic E-state index is 9.75. The molecule has 0 atom stereocenters. The minimum Gasteiger partial charge on any atom is -0.418 e. The molecule has 0 aromatic heterocycles. The van der Waals surface area contributed by atoms with Gasteiger partial charge in [0.25, 0.3) is 0 Å². The van der Waals surface area contributed by atoms with Gasteiger partial charge in [0.1, 0.15) is 50.3 Å². The van der Waals surface area contributed by atoms with Gasteiger partial charge in [-0.25, -0.2) is 0 Å². The molecule has 0 saturated carbocycles. The van der Waals surface area contributed by atoms with Gasteiger partial charge in [0.15, 0.2) is 0 Å². The molecule has 0 N–H and O–H groups in total. The van der Waals surface area contributed by atoms with Gasteiger partial charge in [0, 0.05) is 51.9 Å². The maximum absolute atomic E-state index is 9.75. The third-order valence-corrected chi connectivity index (χ3v) is 24.1. The predicted molar refractivity (Wildman–Crippen MR) is 356 cm³/mol. The van der Waals surface area contributed by atoms with Gasteiger partial charge in [-0.1, -0.05) is 96.5 Å². The van der Waals surface area contributed by atoms with Crippen LogP contribution in [0.3, 0.4) is 0 Å². The first-order valence-corrected chi connectivity index (χ1v) is 34.5. The number of halogens is 8. The van der Waals surface area contributed by atoms with E-state index < -0.39 is 46.2 Å². The zero-order valence-corrected chi connectivity index (χ0v) is 52.0. The van der Waals surface area contributed by atoms with Gasteiger partial charge in [-0.15, -0.1) is 25.7 Å². The second-order valence-corrected chi connectivity index (χ2v) is 28.9. The first-order valence-electron chi connectivity index (χ1n) is 26.8. The first-order chi connectivity index (χ1) is 40.9. The summed E-state index contributed by atoms with van der Waals surface area (Å²) in [6.45, 7) is 1.43. The molecule has 0 aliphatic carbocycles. The van der Waals surface area contributed by atoms with Crippen LogP contribution in [0.2, 0.25) is 0 Å². The normalized spacial score (nSPS) is 16.5. The molecule has 5 nitrogen and oxygen atoms in total. The summed E-state index contributed by atoms with van der Waals surface area (Å²) in [5.41, 5.74) is 8.75. The van der Waals surface area contributed by atoms with Gasteiger partial charge < -0.3 is 54.1 Å². The van der Waals surface area contributed by atoms with Crippen molar-refractivity contribution >= 4 is 90.2 Å². The number of hydrogen-bond acceptors (Lipinski definition) is 5. The van der Waals surface area contributed by atoms with Gasteiger partial charge in [0.05, 0.1) is 59.0 Å². The molecule has 2 aliphatic heterocycles. The van der Waals surface area contributed by atoms with Gasteiger partial charge in [-0.3, -0.25) is 0 Å². The largest absolute Gasteiger partial charge is 2.00 e. The fraction of sp³-hybridized carbons (Fsp3) is 0.136. The predicted octanol–water partition coefficient (Wildman–Crippen LogP) is 14.9. The summed E-state index contributed by atoms with van der Waals surface area (Å²) in [5.74, 6) is 11.0. The van der Waals surface area contributed by atoms with E-state index in [2.05, 4.69) is 262 Å². The van der Waals surface area contributed by atoms with Crippen LogP contribution in [0.4, 0.5) is 57.3 Å². The van der Waals surface area contributed by atoms with Crippen molar-refractivity contribution in [1.82, 2.24) is 0 Å². The van der Waals surface area contributed by atoms with E-state index in [0.717, 1.165) is 72.5 Å². The molecule has 2 fully saturated rings. The van der Waals surface area contributed by atoms with Crippen molar-refractivity contribution in [3.05, 3.63) is 241 Å². The molecule has 0 spiro atoms. The van der Waals surface area contributed by atoms with Crippen LogP contribution < -0.4 is 40.8 Å². The van der Waals surface area contributed by atoms with E-state index in [1.54, 1.807) is 6.07 Å². The summed E-state index contributed by atoms with van der Waals surface area (Å²) < 4.78 is 78.0. The van der Waals surface area contributed by atoms with Crippen LogP contribution in [0, 0.1) is 60.7 Å². The molecule has 0 radical (unpaired) electrons. The minimum absolute atomic E-state index is 0. The molecular formula is C66H63B2F8N5NiP4+4. The van der Waals surface area contributed by atoms with Crippen molar-refractivity contribution in [3.63, 3.8) is 0 Å². The molecule has 8 aromatic carbocycles. The second kappa shape index (κ2) is 35.2. The van der Waals surface area contributed by atoms with Gasteiger partial charge in [-0.2, -0.15) is 5.26 Å². The number of anilines is 4. The third-order valence-electron chi connectivity index (χ3n) is 13.4. The van der Waals surface area contributed by atoms with Crippen molar-refractivity contribution in [2.75, 3.05) is 69.9 Å². The van der Waals surface area contributed by atoms with E-state index in [4.69, 9.17) is 31.0 Å². The second-order valence-electron chi connectivity index (χ2n) is 19.3. The average molecular weight is 1280 g/mol. The molecule has 2 aliphatic rings. The van der Waals surface area contributed by atoms with Gasteiger partial charge in [0.2, 0.25) is 0 Å². The fourth-order valence-electron chi connectivity index (χ4n) is 9.50. The summed E-state index contributed by atoms with van der Waals surface area (Å²) in [6, 6.07) is 80.1. The number of nitriles is 1. The molecule has 10 rings (SSSR count). The smallest absolute Gasteiger partial charge is 0.418 e. The Morgan fingerprint density at radius 2 is 0.453 bits per heavy atom. The maximum Gasteiger partial charge on any atom is 2.00 e. The zero-order valence-electron chi connectivity index (χ0n) is 47.0. The molecule has 2 heterocycles. The Hall–Kier alpha value is -7.53. The molecule has 0 amide bonds. The quantitative estimate of drug-likeness (QED) is 0.0656. The summed E-state index contributed by atoms with van der Waals surface area (Å²) in [4.78, 5) is 10.5. The standard InChI is InChI=1S/2C32H28N2P2.C2H3N.2BF4.Ni/c2*1-3-27-15-19-29(20-16-27)33-23-35(31-11-7-5-8-12-31)25-34(30-21-17-28(4-2)18-22-30)26-36(24-33)32-13-9-6-10-14-32;1-2-3;2*2-1(3,4)5;/h2*1-2,5-22H,23-26H2;1H3;;;/q;;;2*-1;+2/p+4. The molecular weight excluding hydrogens is 1220 g/mol. The van der Waals surface area contributed by atoms with Crippen molar-refractivity contribution in [1.29, 1.82) is 5.26 Å². The number of hydrogen-bond donors (Lipinski definition) is 0. The van der Waals surface area contributed by atoms with E-state index >= 15 is 0 Å². The number of rotatable bonds is 8. The topological polar surface area (TPSA) is 36.8 Å².